The molecule has 24 heavy (non-hydrogen) atoms. The van der Waals surface area contributed by atoms with E-state index in [9.17, 15) is 9.18 Å². The van der Waals surface area contributed by atoms with Gasteiger partial charge in [-0.1, -0.05) is 18.2 Å². The molecule has 6 heteroatoms. The van der Waals surface area contributed by atoms with Gasteiger partial charge in [0.1, 0.15) is 11.6 Å². The summed E-state index contributed by atoms with van der Waals surface area (Å²) < 4.78 is 18.5. The summed E-state index contributed by atoms with van der Waals surface area (Å²) in [5.74, 6) is 0.0248. The van der Waals surface area contributed by atoms with Crippen molar-refractivity contribution >= 4 is 35.0 Å². The molecule has 0 aromatic heterocycles. The van der Waals surface area contributed by atoms with Gasteiger partial charge in [0.15, 0.2) is 5.11 Å². The van der Waals surface area contributed by atoms with Crippen LogP contribution in [0.15, 0.2) is 48.5 Å². The summed E-state index contributed by atoms with van der Waals surface area (Å²) in [6.07, 6.45) is 3.02. The normalized spacial score (nSPS) is 10.5. The molecule has 0 unspecified atom stereocenters. The SMILES string of the molecule is COc1ccc(/C=C/C(=O)NC(=S)Nc2ccc(C)c(F)c2)cc1. The van der Waals surface area contributed by atoms with E-state index in [1.807, 2.05) is 12.1 Å². The first-order chi connectivity index (χ1) is 11.5. The Labute approximate surface area is 145 Å². The minimum absolute atomic E-state index is 0.0997. The van der Waals surface area contributed by atoms with Crippen LogP contribution in [0.4, 0.5) is 10.1 Å². The molecule has 2 rings (SSSR count). The second kappa shape index (κ2) is 8.21. The lowest BCUT2D eigenvalue weighted by atomic mass is 10.2. The number of ether oxygens (including phenoxy) is 1. The average molecular weight is 344 g/mol. The molecule has 0 bridgehead atoms. The van der Waals surface area contributed by atoms with Gasteiger partial charge in [-0.2, -0.15) is 0 Å². The van der Waals surface area contributed by atoms with Crippen LogP contribution in [-0.2, 0) is 4.79 Å². The highest BCUT2D eigenvalue weighted by atomic mass is 32.1. The fourth-order valence-electron chi connectivity index (χ4n) is 1.87. The van der Waals surface area contributed by atoms with Crippen LogP contribution in [0.2, 0.25) is 0 Å². The minimum Gasteiger partial charge on any atom is -0.497 e. The fourth-order valence-corrected chi connectivity index (χ4v) is 2.09. The number of aryl methyl sites for hydroxylation is 1. The molecular weight excluding hydrogens is 327 g/mol. The summed E-state index contributed by atoms with van der Waals surface area (Å²) in [5, 5.41) is 5.37. The van der Waals surface area contributed by atoms with Crippen molar-refractivity contribution in [2.75, 3.05) is 12.4 Å². The Morgan fingerprint density at radius 1 is 1.21 bits per heavy atom. The van der Waals surface area contributed by atoms with Crippen LogP contribution in [0.1, 0.15) is 11.1 Å². The van der Waals surface area contributed by atoms with E-state index in [4.69, 9.17) is 17.0 Å². The predicted molar refractivity (Wildman–Crippen MR) is 97.5 cm³/mol. The van der Waals surface area contributed by atoms with Crippen LogP contribution in [0, 0.1) is 12.7 Å². The standard InChI is InChI=1S/C18H17FN2O2S/c1-12-3-7-14(11-16(12)19)20-18(24)21-17(22)10-6-13-4-8-15(23-2)9-5-13/h3-11H,1-2H3,(H2,20,21,22,24)/b10-6+. The molecule has 1 amide bonds. The van der Waals surface area contributed by atoms with Crippen LogP contribution in [0.25, 0.3) is 6.08 Å². The Kier molecular flexibility index (Phi) is 6.03. The Morgan fingerprint density at radius 3 is 2.54 bits per heavy atom. The number of hydrogen-bond donors (Lipinski definition) is 2. The van der Waals surface area contributed by atoms with E-state index in [1.165, 1.54) is 12.1 Å². The Bertz CT molecular complexity index is 773. The molecule has 2 aromatic rings. The number of methoxy groups -OCH3 is 1. The minimum atomic E-state index is -0.379. The number of hydrogen-bond acceptors (Lipinski definition) is 3. The van der Waals surface area contributed by atoms with Gasteiger partial charge >= 0.3 is 0 Å². The molecule has 0 aliphatic carbocycles. The molecule has 0 aliphatic rings. The zero-order chi connectivity index (χ0) is 17.5. The summed E-state index contributed by atoms with van der Waals surface area (Å²) in [4.78, 5) is 11.8. The molecular formula is C18H17FN2O2S. The first-order valence-corrected chi connectivity index (χ1v) is 7.59. The summed E-state index contributed by atoms with van der Waals surface area (Å²) >= 11 is 5.04. The highest BCUT2D eigenvalue weighted by molar-refractivity contribution is 7.80. The number of benzene rings is 2. The second-order valence-corrected chi connectivity index (χ2v) is 5.42. The number of carbonyl (C=O) groups is 1. The van der Waals surface area contributed by atoms with Gasteiger partial charge in [0.25, 0.3) is 0 Å². The number of rotatable bonds is 4. The molecule has 124 valence electrons. The quantitative estimate of drug-likeness (QED) is 0.656. The molecule has 0 heterocycles. The number of halogens is 1. The van der Waals surface area contributed by atoms with Gasteiger partial charge in [-0.05, 0) is 60.6 Å². The van der Waals surface area contributed by atoms with E-state index in [-0.39, 0.29) is 16.8 Å². The monoisotopic (exact) mass is 344 g/mol. The van der Waals surface area contributed by atoms with Crippen molar-refractivity contribution in [3.05, 3.63) is 65.5 Å². The summed E-state index contributed by atoms with van der Waals surface area (Å²) in [5.41, 5.74) is 1.87. The topological polar surface area (TPSA) is 50.4 Å². The predicted octanol–water partition coefficient (Wildman–Crippen LogP) is 3.67. The third kappa shape index (κ3) is 5.17. The lowest BCUT2D eigenvalue weighted by Gasteiger charge is -2.08. The first-order valence-electron chi connectivity index (χ1n) is 7.18. The Hall–Kier alpha value is -2.73. The lowest BCUT2D eigenvalue weighted by molar-refractivity contribution is -0.115. The molecule has 0 saturated heterocycles. The van der Waals surface area contributed by atoms with Crippen LogP contribution in [0.5, 0.6) is 5.75 Å². The lowest BCUT2D eigenvalue weighted by Crippen LogP contribution is -2.32. The van der Waals surface area contributed by atoms with E-state index in [0.717, 1.165) is 11.3 Å². The average Bonchev–Trinajstić information content (AvgIpc) is 2.56. The van der Waals surface area contributed by atoms with Crippen LogP contribution < -0.4 is 15.4 Å². The maximum absolute atomic E-state index is 13.5. The second-order valence-electron chi connectivity index (χ2n) is 5.01. The van der Waals surface area contributed by atoms with Crippen molar-refractivity contribution < 1.29 is 13.9 Å². The van der Waals surface area contributed by atoms with Crippen molar-refractivity contribution in [2.45, 2.75) is 6.92 Å². The molecule has 4 nitrogen and oxygen atoms in total. The smallest absolute Gasteiger partial charge is 0.250 e. The molecule has 0 radical (unpaired) electrons. The largest absolute Gasteiger partial charge is 0.497 e. The van der Waals surface area contributed by atoms with E-state index in [1.54, 1.807) is 44.4 Å². The van der Waals surface area contributed by atoms with E-state index in [2.05, 4.69) is 10.6 Å². The zero-order valence-electron chi connectivity index (χ0n) is 13.3. The van der Waals surface area contributed by atoms with Gasteiger partial charge in [0.2, 0.25) is 5.91 Å². The highest BCUT2D eigenvalue weighted by Gasteiger charge is 2.04. The molecule has 0 aliphatic heterocycles. The third-order valence-electron chi connectivity index (χ3n) is 3.21. The van der Waals surface area contributed by atoms with E-state index < -0.39 is 0 Å². The van der Waals surface area contributed by atoms with Gasteiger partial charge in [0.05, 0.1) is 7.11 Å². The highest BCUT2D eigenvalue weighted by Crippen LogP contribution is 2.14. The maximum Gasteiger partial charge on any atom is 0.250 e. The molecule has 0 atom stereocenters. The number of anilines is 1. The van der Waals surface area contributed by atoms with Crippen LogP contribution in [0.3, 0.4) is 0 Å². The van der Waals surface area contributed by atoms with E-state index in [0.29, 0.717) is 11.3 Å². The summed E-state index contributed by atoms with van der Waals surface area (Å²) in [6, 6.07) is 11.9. The summed E-state index contributed by atoms with van der Waals surface area (Å²) in [6.45, 7) is 1.67. The number of nitrogens with one attached hydrogen (secondary N) is 2. The Morgan fingerprint density at radius 2 is 1.92 bits per heavy atom. The van der Waals surface area contributed by atoms with Gasteiger partial charge in [0, 0.05) is 11.8 Å². The number of amides is 1. The molecule has 2 aromatic carbocycles. The van der Waals surface area contributed by atoms with Gasteiger partial charge < -0.3 is 10.1 Å². The molecule has 2 N–H and O–H groups in total. The Balaban J connectivity index is 1.89. The third-order valence-corrected chi connectivity index (χ3v) is 3.41. The summed E-state index contributed by atoms with van der Waals surface area (Å²) in [7, 11) is 1.59. The first kappa shape index (κ1) is 17.6. The van der Waals surface area contributed by atoms with Gasteiger partial charge in [-0.3, -0.25) is 10.1 Å². The number of carbonyl (C=O) groups excluding carboxylic acids is 1. The number of thiocarbonyl (C=S) groups is 1. The van der Waals surface area contributed by atoms with Crippen molar-refractivity contribution in [1.29, 1.82) is 0 Å². The maximum atomic E-state index is 13.5. The van der Waals surface area contributed by atoms with Gasteiger partial charge in [-0.15, -0.1) is 0 Å². The van der Waals surface area contributed by atoms with Crippen molar-refractivity contribution in [2.24, 2.45) is 0 Å². The van der Waals surface area contributed by atoms with Crippen molar-refractivity contribution in [3.8, 4) is 5.75 Å². The molecule has 0 spiro atoms. The van der Waals surface area contributed by atoms with Gasteiger partial charge in [-0.25, -0.2) is 4.39 Å². The van der Waals surface area contributed by atoms with Crippen LogP contribution >= 0.6 is 12.2 Å². The van der Waals surface area contributed by atoms with Crippen molar-refractivity contribution in [3.63, 3.8) is 0 Å². The van der Waals surface area contributed by atoms with Crippen molar-refractivity contribution in [1.82, 2.24) is 5.32 Å². The zero-order valence-corrected chi connectivity index (χ0v) is 14.1. The fraction of sp³-hybridized carbons (Fsp3) is 0.111. The molecule has 0 saturated carbocycles. The molecule has 0 fully saturated rings. The van der Waals surface area contributed by atoms with E-state index >= 15 is 0 Å². The van der Waals surface area contributed by atoms with Crippen LogP contribution in [-0.4, -0.2) is 18.1 Å².